The lowest BCUT2D eigenvalue weighted by molar-refractivity contribution is 0.176. The van der Waals surface area contributed by atoms with Crippen molar-refractivity contribution in [1.82, 2.24) is 5.32 Å². The summed E-state index contributed by atoms with van der Waals surface area (Å²) >= 11 is 0. The van der Waals surface area contributed by atoms with Gasteiger partial charge in [-0.15, -0.1) is 0 Å². The quantitative estimate of drug-likeness (QED) is 0.805. The van der Waals surface area contributed by atoms with Crippen molar-refractivity contribution in [3.63, 3.8) is 0 Å². The van der Waals surface area contributed by atoms with E-state index < -0.39 is 0 Å². The summed E-state index contributed by atoms with van der Waals surface area (Å²) in [6.07, 6.45) is 1.95. The van der Waals surface area contributed by atoms with Crippen LogP contribution in [0.2, 0.25) is 0 Å². The van der Waals surface area contributed by atoms with Gasteiger partial charge in [-0.05, 0) is 49.4 Å². The number of halogens is 1. The molecule has 1 aromatic carbocycles. The van der Waals surface area contributed by atoms with E-state index in [0.717, 1.165) is 24.9 Å². The Morgan fingerprint density at radius 1 is 1.50 bits per heavy atom. The normalized spacial score (nSPS) is 25.7. The van der Waals surface area contributed by atoms with E-state index in [1.54, 1.807) is 6.92 Å². The van der Waals surface area contributed by atoms with Crippen LogP contribution >= 0.6 is 0 Å². The Bertz CT molecular complexity index is 367. The zero-order valence-corrected chi connectivity index (χ0v) is 9.54. The van der Waals surface area contributed by atoms with Gasteiger partial charge in [0.2, 0.25) is 0 Å². The van der Waals surface area contributed by atoms with Crippen LogP contribution in [0.25, 0.3) is 0 Å². The van der Waals surface area contributed by atoms with E-state index in [1.807, 2.05) is 12.1 Å². The second-order valence-corrected chi connectivity index (χ2v) is 4.59. The summed E-state index contributed by atoms with van der Waals surface area (Å²) in [4.78, 5) is 0. The van der Waals surface area contributed by atoms with E-state index in [4.69, 9.17) is 5.11 Å². The summed E-state index contributed by atoms with van der Waals surface area (Å²) in [6.45, 7) is 2.95. The minimum atomic E-state index is -0.154. The van der Waals surface area contributed by atoms with Crippen molar-refractivity contribution < 1.29 is 9.50 Å². The molecule has 1 heterocycles. The molecular formula is C13H18FNO. The highest BCUT2D eigenvalue weighted by Gasteiger charge is 2.22. The molecule has 1 aromatic rings. The van der Waals surface area contributed by atoms with Gasteiger partial charge in [-0.2, -0.15) is 0 Å². The number of aliphatic hydroxyl groups is 1. The molecule has 0 saturated carbocycles. The molecule has 1 saturated heterocycles. The smallest absolute Gasteiger partial charge is 0.126 e. The molecule has 16 heavy (non-hydrogen) atoms. The fourth-order valence-electron chi connectivity index (χ4n) is 2.30. The molecule has 2 nitrogen and oxygen atoms in total. The molecule has 0 radical (unpaired) electrons. The number of aliphatic hydroxyl groups excluding tert-OH is 1. The lowest BCUT2D eigenvalue weighted by Crippen LogP contribution is -2.33. The minimum absolute atomic E-state index is 0.154. The highest BCUT2D eigenvalue weighted by atomic mass is 19.1. The van der Waals surface area contributed by atoms with Crippen LogP contribution in [0.5, 0.6) is 0 Å². The molecule has 2 atom stereocenters. The van der Waals surface area contributed by atoms with Crippen molar-refractivity contribution in [3.8, 4) is 0 Å². The van der Waals surface area contributed by atoms with Gasteiger partial charge in [0.15, 0.2) is 0 Å². The Morgan fingerprint density at radius 2 is 2.31 bits per heavy atom. The standard InChI is InChI=1S/C13H18FNO/c1-9-6-11(2-3-12(9)14)13-7-10(8-16)4-5-15-13/h2-3,6,10,13,15-16H,4-5,7-8H2,1H3. The first kappa shape index (κ1) is 11.6. The molecule has 2 unspecified atom stereocenters. The molecule has 88 valence electrons. The first-order valence-electron chi connectivity index (χ1n) is 5.81. The average Bonchev–Trinajstić information content (AvgIpc) is 2.33. The Kier molecular flexibility index (Phi) is 3.56. The summed E-state index contributed by atoms with van der Waals surface area (Å²) in [7, 11) is 0. The van der Waals surface area contributed by atoms with Gasteiger partial charge in [0, 0.05) is 12.6 Å². The maximum absolute atomic E-state index is 13.1. The van der Waals surface area contributed by atoms with Gasteiger partial charge < -0.3 is 10.4 Å². The van der Waals surface area contributed by atoms with Gasteiger partial charge in [-0.1, -0.05) is 12.1 Å². The zero-order valence-electron chi connectivity index (χ0n) is 9.54. The summed E-state index contributed by atoms with van der Waals surface area (Å²) < 4.78 is 13.1. The Labute approximate surface area is 95.5 Å². The summed E-state index contributed by atoms with van der Waals surface area (Å²) in [6, 6.07) is 5.51. The van der Waals surface area contributed by atoms with E-state index in [-0.39, 0.29) is 18.5 Å². The Balaban J connectivity index is 2.13. The van der Waals surface area contributed by atoms with Crippen LogP contribution in [0, 0.1) is 18.7 Å². The molecule has 0 aliphatic carbocycles. The first-order valence-corrected chi connectivity index (χ1v) is 5.81. The third kappa shape index (κ3) is 2.42. The topological polar surface area (TPSA) is 32.3 Å². The van der Waals surface area contributed by atoms with Crippen molar-refractivity contribution in [3.05, 3.63) is 35.1 Å². The number of rotatable bonds is 2. The molecule has 2 rings (SSSR count). The van der Waals surface area contributed by atoms with Crippen molar-refractivity contribution in [2.45, 2.75) is 25.8 Å². The van der Waals surface area contributed by atoms with Gasteiger partial charge >= 0.3 is 0 Å². The Morgan fingerprint density at radius 3 is 3.00 bits per heavy atom. The number of benzene rings is 1. The largest absolute Gasteiger partial charge is 0.396 e. The molecule has 0 spiro atoms. The average molecular weight is 223 g/mol. The van der Waals surface area contributed by atoms with Crippen LogP contribution in [0.1, 0.15) is 30.0 Å². The van der Waals surface area contributed by atoms with Crippen LogP contribution in [-0.4, -0.2) is 18.3 Å². The van der Waals surface area contributed by atoms with E-state index in [2.05, 4.69) is 5.32 Å². The second-order valence-electron chi connectivity index (χ2n) is 4.59. The molecule has 1 aliphatic rings. The highest BCUT2D eigenvalue weighted by Crippen LogP contribution is 2.27. The van der Waals surface area contributed by atoms with Gasteiger partial charge in [-0.25, -0.2) is 4.39 Å². The number of piperidine rings is 1. The summed E-state index contributed by atoms with van der Waals surface area (Å²) in [5.74, 6) is 0.217. The number of hydrogen-bond acceptors (Lipinski definition) is 2. The van der Waals surface area contributed by atoms with Crippen LogP contribution in [0.4, 0.5) is 4.39 Å². The SMILES string of the molecule is Cc1cc(C2CC(CO)CCN2)ccc1F. The highest BCUT2D eigenvalue weighted by molar-refractivity contribution is 5.26. The van der Waals surface area contributed by atoms with Crippen LogP contribution in [0.3, 0.4) is 0 Å². The fraction of sp³-hybridized carbons (Fsp3) is 0.538. The molecular weight excluding hydrogens is 205 g/mol. The van der Waals surface area contributed by atoms with E-state index in [0.29, 0.717) is 11.5 Å². The third-order valence-electron chi connectivity index (χ3n) is 3.35. The van der Waals surface area contributed by atoms with E-state index in [1.165, 1.54) is 6.07 Å². The van der Waals surface area contributed by atoms with Gasteiger partial charge in [0.05, 0.1) is 0 Å². The Hall–Kier alpha value is -0.930. The third-order valence-corrected chi connectivity index (χ3v) is 3.35. The van der Waals surface area contributed by atoms with Gasteiger partial charge in [-0.3, -0.25) is 0 Å². The maximum Gasteiger partial charge on any atom is 0.126 e. The van der Waals surface area contributed by atoms with Crippen LogP contribution in [-0.2, 0) is 0 Å². The number of hydrogen-bond donors (Lipinski definition) is 2. The van der Waals surface area contributed by atoms with Gasteiger partial charge in [0.1, 0.15) is 5.82 Å². The molecule has 0 aromatic heterocycles. The summed E-state index contributed by atoms with van der Waals surface area (Å²) in [5.41, 5.74) is 1.81. The molecule has 2 N–H and O–H groups in total. The minimum Gasteiger partial charge on any atom is -0.396 e. The lowest BCUT2D eigenvalue weighted by Gasteiger charge is -2.29. The lowest BCUT2D eigenvalue weighted by atomic mass is 9.89. The van der Waals surface area contributed by atoms with Crippen LogP contribution in [0.15, 0.2) is 18.2 Å². The van der Waals surface area contributed by atoms with Gasteiger partial charge in [0.25, 0.3) is 0 Å². The predicted octanol–water partition coefficient (Wildman–Crippen LogP) is 2.17. The van der Waals surface area contributed by atoms with Crippen molar-refractivity contribution in [2.24, 2.45) is 5.92 Å². The maximum atomic E-state index is 13.1. The van der Waals surface area contributed by atoms with Crippen molar-refractivity contribution in [2.75, 3.05) is 13.2 Å². The van der Waals surface area contributed by atoms with Crippen molar-refractivity contribution in [1.29, 1.82) is 0 Å². The molecule has 3 heteroatoms. The number of nitrogens with one attached hydrogen (secondary N) is 1. The van der Waals surface area contributed by atoms with E-state index >= 15 is 0 Å². The van der Waals surface area contributed by atoms with Crippen LogP contribution < -0.4 is 5.32 Å². The second kappa shape index (κ2) is 4.93. The molecule has 1 fully saturated rings. The van der Waals surface area contributed by atoms with E-state index in [9.17, 15) is 4.39 Å². The molecule has 0 bridgehead atoms. The fourth-order valence-corrected chi connectivity index (χ4v) is 2.30. The summed E-state index contributed by atoms with van der Waals surface area (Å²) in [5, 5.41) is 12.6. The molecule has 1 aliphatic heterocycles. The van der Waals surface area contributed by atoms with Crippen molar-refractivity contribution >= 4 is 0 Å². The zero-order chi connectivity index (χ0) is 11.5. The number of aryl methyl sites for hydroxylation is 1. The first-order chi connectivity index (χ1) is 7.70. The molecule has 0 amide bonds. The predicted molar refractivity (Wildman–Crippen MR) is 61.7 cm³/mol. The monoisotopic (exact) mass is 223 g/mol.